The van der Waals surface area contributed by atoms with Gasteiger partial charge in [0.1, 0.15) is 11.6 Å². The molecule has 0 unspecified atom stereocenters. The molecule has 2 rings (SSSR count). The van der Waals surface area contributed by atoms with E-state index in [1.807, 2.05) is 12.1 Å². The predicted octanol–water partition coefficient (Wildman–Crippen LogP) is 3.08. The van der Waals surface area contributed by atoms with Crippen LogP contribution in [0.4, 0.5) is 4.79 Å². The maximum absolute atomic E-state index is 13.6. The Hall–Kier alpha value is -2.32. The Morgan fingerprint density at radius 1 is 1.21 bits per heavy atom. The van der Waals surface area contributed by atoms with Crippen LogP contribution in [0.2, 0.25) is 5.02 Å². The molecule has 1 aromatic carbocycles. The molecule has 1 aromatic rings. The van der Waals surface area contributed by atoms with Crippen LogP contribution in [0.25, 0.3) is 0 Å². The van der Waals surface area contributed by atoms with Crippen molar-refractivity contribution in [3.8, 4) is 0 Å². The third-order valence-corrected chi connectivity index (χ3v) is 6.02. The monoisotopic (exact) mass is 494 g/mol. The van der Waals surface area contributed by atoms with Crippen molar-refractivity contribution < 1.29 is 19.1 Å². The van der Waals surface area contributed by atoms with Crippen LogP contribution >= 0.6 is 11.6 Å². The van der Waals surface area contributed by atoms with E-state index in [1.165, 1.54) is 0 Å². The molecule has 0 aromatic heterocycles. The van der Waals surface area contributed by atoms with Crippen LogP contribution in [0.1, 0.15) is 46.6 Å². The molecule has 9 heteroatoms. The lowest BCUT2D eigenvalue weighted by atomic mass is 10.0. The minimum atomic E-state index is -0.821. The van der Waals surface area contributed by atoms with E-state index >= 15 is 0 Å². The van der Waals surface area contributed by atoms with Gasteiger partial charge in [0.05, 0.1) is 6.04 Å². The maximum Gasteiger partial charge on any atom is 0.408 e. The van der Waals surface area contributed by atoms with Crippen molar-refractivity contribution in [2.24, 2.45) is 5.92 Å². The van der Waals surface area contributed by atoms with E-state index in [-0.39, 0.29) is 23.9 Å². The fourth-order valence-electron chi connectivity index (χ4n) is 4.20. The quantitative estimate of drug-likeness (QED) is 0.579. The molecule has 1 fully saturated rings. The van der Waals surface area contributed by atoms with E-state index in [2.05, 4.69) is 29.4 Å². The fraction of sp³-hybridized carbons (Fsp3) is 0.640. The molecule has 0 bridgehead atoms. The van der Waals surface area contributed by atoms with Crippen LogP contribution in [-0.2, 0) is 20.7 Å². The molecular weight excluding hydrogens is 456 g/mol. The standard InChI is InChI=1S/C25H39ClN4O4/c1-16(2)14-30-15-19(13-21(30)22(31)27-6)29(7)23(32)20(28-24(33)34-25(3,4)5)12-17-8-10-18(26)11-9-17/h8-11,16,19-21H,12-15H2,1-7H3,(H,27,31)(H,28,33)/t19-,20+,21-/m0/s1. The first-order valence-corrected chi connectivity index (χ1v) is 12.1. The lowest BCUT2D eigenvalue weighted by molar-refractivity contribution is -0.134. The van der Waals surface area contributed by atoms with Gasteiger partial charge in [-0.3, -0.25) is 14.5 Å². The third-order valence-electron chi connectivity index (χ3n) is 5.77. The number of carbonyl (C=O) groups is 3. The number of ether oxygens (including phenoxy) is 1. The molecule has 1 aliphatic heterocycles. The second kappa shape index (κ2) is 11.9. The molecule has 3 atom stereocenters. The normalized spacial score (nSPS) is 19.6. The Morgan fingerprint density at radius 3 is 2.35 bits per heavy atom. The molecule has 8 nitrogen and oxygen atoms in total. The van der Waals surface area contributed by atoms with Crippen LogP contribution in [0.15, 0.2) is 24.3 Å². The van der Waals surface area contributed by atoms with Gasteiger partial charge in [-0.25, -0.2) is 4.79 Å². The number of likely N-dealkylation sites (N-methyl/N-ethyl adjacent to an activating group) is 2. The first-order chi connectivity index (χ1) is 15.8. The lowest BCUT2D eigenvalue weighted by Gasteiger charge is -2.30. The first kappa shape index (κ1) is 27.9. The van der Waals surface area contributed by atoms with Crippen molar-refractivity contribution >= 4 is 29.5 Å². The first-order valence-electron chi connectivity index (χ1n) is 11.8. The molecule has 190 valence electrons. The molecule has 1 saturated heterocycles. The molecule has 0 radical (unpaired) electrons. The fourth-order valence-corrected chi connectivity index (χ4v) is 4.33. The summed E-state index contributed by atoms with van der Waals surface area (Å²) in [6.07, 6.45) is 0.180. The van der Waals surface area contributed by atoms with Gasteiger partial charge in [0.2, 0.25) is 11.8 Å². The van der Waals surface area contributed by atoms with Crippen LogP contribution in [0.5, 0.6) is 0 Å². The summed E-state index contributed by atoms with van der Waals surface area (Å²) in [7, 11) is 3.36. The third kappa shape index (κ3) is 8.17. The average Bonchev–Trinajstić information content (AvgIpc) is 3.14. The number of amides is 3. The Bertz CT molecular complexity index is 853. The SMILES string of the molecule is CNC(=O)[C@@H]1C[C@H](N(C)C(=O)[C@@H](Cc2ccc(Cl)cc2)NC(=O)OC(C)(C)C)CN1CC(C)C. The van der Waals surface area contributed by atoms with Gasteiger partial charge in [-0.15, -0.1) is 0 Å². The zero-order chi connectivity index (χ0) is 25.6. The van der Waals surface area contributed by atoms with E-state index in [9.17, 15) is 14.4 Å². The summed E-state index contributed by atoms with van der Waals surface area (Å²) in [4.78, 5) is 42.4. The van der Waals surface area contributed by atoms with E-state index in [1.54, 1.807) is 51.9 Å². The molecule has 34 heavy (non-hydrogen) atoms. The molecule has 0 spiro atoms. The highest BCUT2D eigenvalue weighted by molar-refractivity contribution is 6.30. The second-order valence-corrected chi connectivity index (χ2v) is 10.8. The highest BCUT2D eigenvalue weighted by atomic mass is 35.5. The predicted molar refractivity (Wildman–Crippen MR) is 134 cm³/mol. The van der Waals surface area contributed by atoms with Gasteiger partial charge in [0, 0.05) is 44.7 Å². The Balaban J connectivity index is 2.21. The molecule has 1 heterocycles. The van der Waals surface area contributed by atoms with Crippen molar-refractivity contribution in [2.75, 3.05) is 27.2 Å². The number of alkyl carbamates (subject to hydrolysis) is 1. The minimum absolute atomic E-state index is 0.0476. The van der Waals surface area contributed by atoms with Gasteiger partial charge >= 0.3 is 6.09 Å². The number of nitrogens with zero attached hydrogens (tertiary/aromatic N) is 2. The summed E-state index contributed by atoms with van der Waals surface area (Å²) >= 11 is 6.00. The molecular formula is C25H39ClN4O4. The van der Waals surface area contributed by atoms with Crippen LogP contribution in [-0.4, -0.2) is 78.6 Å². The van der Waals surface area contributed by atoms with E-state index in [0.717, 1.165) is 12.1 Å². The number of hydrogen-bond acceptors (Lipinski definition) is 5. The summed E-state index contributed by atoms with van der Waals surface area (Å²) in [6, 6.07) is 5.91. The number of hydrogen-bond donors (Lipinski definition) is 2. The smallest absolute Gasteiger partial charge is 0.408 e. The maximum atomic E-state index is 13.6. The highest BCUT2D eigenvalue weighted by Crippen LogP contribution is 2.24. The van der Waals surface area contributed by atoms with Crippen LogP contribution in [0.3, 0.4) is 0 Å². The Labute approximate surface area is 208 Å². The Morgan fingerprint density at radius 2 is 1.82 bits per heavy atom. The Kier molecular flexibility index (Phi) is 9.76. The van der Waals surface area contributed by atoms with Crippen molar-refractivity contribution in [2.45, 2.75) is 71.2 Å². The van der Waals surface area contributed by atoms with Crippen LogP contribution < -0.4 is 10.6 Å². The topological polar surface area (TPSA) is 91.0 Å². The number of rotatable bonds is 8. The lowest BCUT2D eigenvalue weighted by Crippen LogP contribution is -2.52. The van der Waals surface area contributed by atoms with E-state index in [4.69, 9.17) is 16.3 Å². The summed E-state index contributed by atoms with van der Waals surface area (Å²) < 4.78 is 5.40. The summed E-state index contributed by atoms with van der Waals surface area (Å²) in [5.41, 5.74) is 0.177. The zero-order valence-corrected chi connectivity index (χ0v) is 22.1. The van der Waals surface area contributed by atoms with E-state index < -0.39 is 17.7 Å². The van der Waals surface area contributed by atoms with E-state index in [0.29, 0.717) is 30.3 Å². The summed E-state index contributed by atoms with van der Waals surface area (Å²) in [6.45, 7) is 10.9. The van der Waals surface area contributed by atoms with Gasteiger partial charge in [0.25, 0.3) is 0 Å². The molecule has 3 amide bonds. The molecule has 2 N–H and O–H groups in total. The van der Waals surface area contributed by atoms with Gasteiger partial charge in [0.15, 0.2) is 0 Å². The molecule has 1 aliphatic rings. The summed E-state index contributed by atoms with van der Waals surface area (Å²) in [5, 5.41) is 6.09. The summed E-state index contributed by atoms with van der Waals surface area (Å²) in [5.74, 6) is 0.111. The molecule has 0 saturated carbocycles. The zero-order valence-electron chi connectivity index (χ0n) is 21.4. The minimum Gasteiger partial charge on any atom is -0.444 e. The van der Waals surface area contributed by atoms with Crippen molar-refractivity contribution in [1.82, 2.24) is 20.4 Å². The van der Waals surface area contributed by atoms with Crippen molar-refractivity contribution in [3.63, 3.8) is 0 Å². The highest BCUT2D eigenvalue weighted by Gasteiger charge is 2.40. The van der Waals surface area contributed by atoms with Crippen LogP contribution in [0, 0.1) is 5.92 Å². The number of likely N-dealkylation sites (tertiary alicyclic amines) is 1. The van der Waals surface area contributed by atoms with Gasteiger partial charge < -0.3 is 20.3 Å². The largest absolute Gasteiger partial charge is 0.444 e. The number of nitrogens with one attached hydrogen (secondary N) is 2. The van der Waals surface area contributed by atoms with Crippen molar-refractivity contribution in [3.05, 3.63) is 34.9 Å². The van der Waals surface area contributed by atoms with Crippen molar-refractivity contribution in [1.29, 1.82) is 0 Å². The van der Waals surface area contributed by atoms with Gasteiger partial charge in [-0.2, -0.15) is 0 Å². The number of halogens is 1. The number of benzene rings is 1. The number of carbonyl (C=O) groups excluding carboxylic acids is 3. The molecule has 0 aliphatic carbocycles. The average molecular weight is 495 g/mol. The second-order valence-electron chi connectivity index (χ2n) is 10.3. The van der Waals surface area contributed by atoms with Gasteiger partial charge in [-0.1, -0.05) is 37.6 Å². The van der Waals surface area contributed by atoms with Gasteiger partial charge in [-0.05, 0) is 50.8 Å².